The van der Waals surface area contributed by atoms with Crippen molar-refractivity contribution < 1.29 is 28.9 Å². The number of aliphatic carboxylic acids is 1. The summed E-state index contributed by atoms with van der Waals surface area (Å²) < 4.78 is 17.6. The highest BCUT2D eigenvalue weighted by atomic mass is 16.5. The monoisotopic (exact) mass is 594 g/mol. The van der Waals surface area contributed by atoms with Crippen LogP contribution in [0.25, 0.3) is 0 Å². The Balaban J connectivity index is 1.89. The van der Waals surface area contributed by atoms with Crippen LogP contribution in [0.5, 0.6) is 11.5 Å². The summed E-state index contributed by atoms with van der Waals surface area (Å²) in [6, 6.07) is 11.7. The van der Waals surface area contributed by atoms with Crippen LogP contribution >= 0.6 is 0 Å². The molecule has 1 aliphatic carbocycles. The highest BCUT2D eigenvalue weighted by Crippen LogP contribution is 2.49. The van der Waals surface area contributed by atoms with Crippen LogP contribution < -0.4 is 14.8 Å². The standard InChI is InChI=1S/C35H50N2O6/c1-34(2,3)24-18-19-26(41-6)23(20-24)21-36-29-28(35(4,5)43-8)31(33(39)40)37(32(38)22-14-10-9-11-15-22)30(29)25-16-12-13-17-27(25)42-7/h12-13,16-20,22,28-31,36H,9-11,14-15,21H2,1-8H3,(H,39,40)/t28-,29-,30-,31-/m0/s1. The molecule has 1 amide bonds. The molecule has 236 valence electrons. The predicted octanol–water partition coefficient (Wildman–Crippen LogP) is 6.12. The molecule has 43 heavy (non-hydrogen) atoms. The molecule has 2 aromatic rings. The number of nitrogens with one attached hydrogen (secondary N) is 1. The van der Waals surface area contributed by atoms with Gasteiger partial charge in [-0.3, -0.25) is 4.79 Å². The Morgan fingerprint density at radius 2 is 1.58 bits per heavy atom. The molecular weight excluding hydrogens is 544 g/mol. The van der Waals surface area contributed by atoms with Crippen LogP contribution in [0, 0.1) is 11.8 Å². The number of nitrogens with zero attached hydrogens (tertiary/aromatic N) is 1. The molecule has 2 aliphatic rings. The van der Waals surface area contributed by atoms with Crippen molar-refractivity contribution >= 4 is 11.9 Å². The number of ether oxygens (including phenoxy) is 3. The number of carboxylic acid groups (broad SMARTS) is 1. The van der Waals surface area contributed by atoms with E-state index in [1.165, 1.54) is 5.56 Å². The molecule has 1 saturated carbocycles. The highest BCUT2D eigenvalue weighted by molar-refractivity contribution is 5.87. The molecule has 2 aromatic carbocycles. The molecule has 4 atom stereocenters. The second kappa shape index (κ2) is 13.3. The lowest BCUT2D eigenvalue weighted by Crippen LogP contribution is -2.53. The van der Waals surface area contributed by atoms with Gasteiger partial charge < -0.3 is 29.5 Å². The van der Waals surface area contributed by atoms with E-state index in [9.17, 15) is 14.7 Å². The molecule has 2 N–H and O–H groups in total. The number of rotatable bonds is 10. The third-order valence-corrected chi connectivity index (χ3v) is 9.59. The maximum absolute atomic E-state index is 14.5. The summed E-state index contributed by atoms with van der Waals surface area (Å²) in [6.45, 7) is 10.8. The number of carboxylic acids is 1. The lowest BCUT2D eigenvalue weighted by molar-refractivity contribution is -0.156. The molecule has 8 nitrogen and oxygen atoms in total. The van der Waals surface area contributed by atoms with Crippen molar-refractivity contribution in [2.75, 3.05) is 21.3 Å². The summed E-state index contributed by atoms with van der Waals surface area (Å²) >= 11 is 0. The summed E-state index contributed by atoms with van der Waals surface area (Å²) in [5.41, 5.74) is 1.98. The van der Waals surface area contributed by atoms with Gasteiger partial charge in [0.05, 0.1) is 25.9 Å². The zero-order valence-electron chi connectivity index (χ0n) is 27.1. The molecule has 0 aromatic heterocycles. The van der Waals surface area contributed by atoms with Crippen molar-refractivity contribution in [1.82, 2.24) is 10.2 Å². The molecule has 0 radical (unpaired) electrons. The average Bonchev–Trinajstić information content (AvgIpc) is 3.35. The fourth-order valence-corrected chi connectivity index (χ4v) is 7.07. The first-order valence-electron chi connectivity index (χ1n) is 15.5. The smallest absolute Gasteiger partial charge is 0.326 e. The number of hydrogen-bond donors (Lipinski definition) is 2. The van der Waals surface area contributed by atoms with Crippen LogP contribution in [-0.4, -0.2) is 60.9 Å². The van der Waals surface area contributed by atoms with Crippen LogP contribution in [-0.2, 0) is 26.3 Å². The molecule has 4 rings (SSSR count). The fourth-order valence-electron chi connectivity index (χ4n) is 7.07. The van der Waals surface area contributed by atoms with Crippen molar-refractivity contribution in [3.05, 3.63) is 59.2 Å². The molecular formula is C35H50N2O6. The largest absolute Gasteiger partial charge is 0.496 e. The van der Waals surface area contributed by atoms with Gasteiger partial charge in [0.1, 0.15) is 17.5 Å². The Kier molecular flexibility index (Phi) is 10.1. The summed E-state index contributed by atoms with van der Waals surface area (Å²) in [5, 5.41) is 14.6. The van der Waals surface area contributed by atoms with E-state index in [4.69, 9.17) is 14.2 Å². The van der Waals surface area contributed by atoms with Crippen molar-refractivity contribution in [2.45, 2.75) is 102 Å². The van der Waals surface area contributed by atoms with Gasteiger partial charge in [0.2, 0.25) is 5.91 Å². The van der Waals surface area contributed by atoms with Crippen molar-refractivity contribution in [3.8, 4) is 11.5 Å². The third-order valence-electron chi connectivity index (χ3n) is 9.59. The Labute approximate surface area is 257 Å². The van der Waals surface area contributed by atoms with Gasteiger partial charge in [-0.05, 0) is 49.8 Å². The van der Waals surface area contributed by atoms with Gasteiger partial charge in [0.25, 0.3) is 0 Å². The fraction of sp³-hybridized carbons (Fsp3) is 0.600. The van der Waals surface area contributed by atoms with Gasteiger partial charge in [0, 0.05) is 42.7 Å². The number of likely N-dealkylation sites (tertiary alicyclic amines) is 1. The quantitative estimate of drug-likeness (QED) is 0.342. The Morgan fingerprint density at radius 1 is 0.930 bits per heavy atom. The van der Waals surface area contributed by atoms with E-state index in [2.05, 4.69) is 38.2 Å². The van der Waals surface area contributed by atoms with E-state index >= 15 is 0 Å². The Bertz CT molecular complexity index is 1280. The first-order valence-corrected chi connectivity index (χ1v) is 15.5. The Morgan fingerprint density at radius 3 is 2.16 bits per heavy atom. The minimum absolute atomic E-state index is 0.0630. The maximum atomic E-state index is 14.5. The topological polar surface area (TPSA) is 97.3 Å². The normalized spacial score (nSPS) is 23.3. The second-order valence-electron chi connectivity index (χ2n) is 13.6. The van der Waals surface area contributed by atoms with E-state index in [0.717, 1.165) is 49.0 Å². The van der Waals surface area contributed by atoms with Gasteiger partial charge in [0.15, 0.2) is 0 Å². The van der Waals surface area contributed by atoms with E-state index in [0.29, 0.717) is 12.3 Å². The second-order valence-corrected chi connectivity index (χ2v) is 13.6. The molecule has 1 saturated heterocycles. The highest BCUT2D eigenvalue weighted by Gasteiger charge is 2.60. The van der Waals surface area contributed by atoms with Crippen LogP contribution in [0.2, 0.25) is 0 Å². The van der Waals surface area contributed by atoms with E-state index in [1.54, 1.807) is 26.2 Å². The van der Waals surface area contributed by atoms with Gasteiger partial charge in [-0.15, -0.1) is 0 Å². The van der Waals surface area contributed by atoms with Gasteiger partial charge >= 0.3 is 5.97 Å². The average molecular weight is 595 g/mol. The molecule has 2 fully saturated rings. The number of methoxy groups -OCH3 is 3. The lowest BCUT2D eigenvalue weighted by atomic mass is 9.79. The number of benzene rings is 2. The number of para-hydroxylation sites is 1. The molecule has 8 heteroatoms. The van der Waals surface area contributed by atoms with Crippen LogP contribution in [0.15, 0.2) is 42.5 Å². The molecule has 0 bridgehead atoms. The van der Waals surface area contributed by atoms with E-state index < -0.39 is 35.6 Å². The van der Waals surface area contributed by atoms with Gasteiger partial charge in [-0.2, -0.15) is 0 Å². The molecule has 0 unspecified atom stereocenters. The molecule has 1 heterocycles. The van der Waals surface area contributed by atoms with Crippen molar-refractivity contribution in [2.24, 2.45) is 11.8 Å². The first kappa shape index (κ1) is 32.8. The van der Waals surface area contributed by atoms with E-state index in [1.807, 2.05) is 44.2 Å². The number of carbonyl (C=O) groups excluding carboxylic acids is 1. The number of carbonyl (C=O) groups is 2. The number of amides is 1. The lowest BCUT2D eigenvalue weighted by Gasteiger charge is -2.37. The number of hydrogen-bond acceptors (Lipinski definition) is 6. The van der Waals surface area contributed by atoms with Crippen LogP contribution in [0.1, 0.15) is 89.5 Å². The minimum Gasteiger partial charge on any atom is -0.496 e. The third kappa shape index (κ3) is 6.70. The molecule has 0 spiro atoms. The molecule has 1 aliphatic heterocycles. The van der Waals surface area contributed by atoms with Crippen LogP contribution in [0.4, 0.5) is 0 Å². The van der Waals surface area contributed by atoms with Crippen LogP contribution in [0.3, 0.4) is 0 Å². The summed E-state index contributed by atoms with van der Waals surface area (Å²) in [4.78, 5) is 29.4. The Hall–Kier alpha value is -3.10. The first-order chi connectivity index (χ1) is 20.3. The van der Waals surface area contributed by atoms with E-state index in [-0.39, 0.29) is 17.2 Å². The zero-order chi connectivity index (χ0) is 31.5. The van der Waals surface area contributed by atoms with Gasteiger partial charge in [-0.25, -0.2) is 4.79 Å². The minimum atomic E-state index is -1.10. The summed E-state index contributed by atoms with van der Waals surface area (Å²) in [7, 11) is 4.87. The predicted molar refractivity (Wildman–Crippen MR) is 167 cm³/mol. The summed E-state index contributed by atoms with van der Waals surface area (Å²) in [6.07, 6.45) is 4.59. The maximum Gasteiger partial charge on any atom is 0.326 e. The zero-order valence-corrected chi connectivity index (χ0v) is 27.1. The SMILES string of the molecule is COc1ccc(C(C)(C)C)cc1CN[C@H]1[C@H](C(C)(C)OC)[C@@H](C(=O)O)N(C(=O)C2CCCCC2)[C@H]1c1ccccc1OC. The van der Waals surface area contributed by atoms with Crippen molar-refractivity contribution in [3.63, 3.8) is 0 Å². The van der Waals surface area contributed by atoms with Gasteiger partial charge in [-0.1, -0.05) is 70.4 Å². The van der Waals surface area contributed by atoms with Crippen molar-refractivity contribution in [1.29, 1.82) is 0 Å². The summed E-state index contributed by atoms with van der Waals surface area (Å²) in [5.74, 6) is -0.545.